The zero-order valence-corrected chi connectivity index (χ0v) is 17.3. The summed E-state index contributed by atoms with van der Waals surface area (Å²) in [6, 6.07) is 5.12. The number of rotatable bonds is 6. The zero-order chi connectivity index (χ0) is 22.3. The standard InChI is InChI=1S/C22H19F4NO3S/c1-2-30-22(29)19-13-8-12(9-14(13)19)31-18-5-10(3-4-15(18)23)21(28)27-11-6-16(24)20(26)17(25)7-11/h3-7,12-14,19H,2,8-9H2,1H3,(H,27,28). The Morgan fingerprint density at radius 2 is 1.68 bits per heavy atom. The molecule has 0 spiro atoms. The maximum absolute atomic E-state index is 14.3. The van der Waals surface area contributed by atoms with Crippen LogP contribution in [0.3, 0.4) is 0 Å². The van der Waals surface area contributed by atoms with Gasteiger partial charge in [0.1, 0.15) is 5.82 Å². The summed E-state index contributed by atoms with van der Waals surface area (Å²) in [7, 11) is 0. The summed E-state index contributed by atoms with van der Waals surface area (Å²) < 4.78 is 59.1. The normalized spacial score (nSPS) is 23.9. The van der Waals surface area contributed by atoms with Gasteiger partial charge in [-0.25, -0.2) is 17.6 Å². The van der Waals surface area contributed by atoms with Gasteiger partial charge in [-0.05, 0) is 49.8 Å². The van der Waals surface area contributed by atoms with E-state index in [2.05, 4.69) is 5.32 Å². The lowest BCUT2D eigenvalue weighted by molar-refractivity contribution is -0.145. The molecule has 2 aliphatic carbocycles. The first kappa shape index (κ1) is 21.7. The minimum Gasteiger partial charge on any atom is -0.466 e. The fraction of sp³-hybridized carbons (Fsp3) is 0.364. The van der Waals surface area contributed by atoms with Crippen LogP contribution < -0.4 is 5.32 Å². The maximum atomic E-state index is 14.3. The van der Waals surface area contributed by atoms with Crippen LogP contribution in [0.15, 0.2) is 35.2 Å². The highest BCUT2D eigenvalue weighted by molar-refractivity contribution is 8.00. The molecule has 0 aliphatic heterocycles. The number of nitrogens with one attached hydrogen (secondary N) is 1. The molecule has 2 aliphatic rings. The third-order valence-corrected chi connectivity index (χ3v) is 6.97. The van der Waals surface area contributed by atoms with Crippen LogP contribution in [0.5, 0.6) is 0 Å². The van der Waals surface area contributed by atoms with Crippen LogP contribution in [0.2, 0.25) is 0 Å². The molecule has 4 rings (SSSR count). The number of benzene rings is 2. The Balaban J connectivity index is 1.40. The van der Waals surface area contributed by atoms with Crippen LogP contribution in [-0.4, -0.2) is 23.7 Å². The van der Waals surface area contributed by atoms with E-state index in [0.29, 0.717) is 18.7 Å². The van der Waals surface area contributed by atoms with Gasteiger partial charge in [0.15, 0.2) is 17.5 Å². The van der Waals surface area contributed by atoms with Crippen molar-refractivity contribution in [1.29, 1.82) is 0 Å². The lowest BCUT2D eigenvalue weighted by Gasteiger charge is -2.15. The van der Waals surface area contributed by atoms with Gasteiger partial charge in [0, 0.05) is 33.5 Å². The predicted molar refractivity (Wildman–Crippen MR) is 107 cm³/mol. The number of hydrogen-bond donors (Lipinski definition) is 1. The van der Waals surface area contributed by atoms with Crippen molar-refractivity contribution in [3.05, 3.63) is 59.2 Å². The van der Waals surface area contributed by atoms with Crippen molar-refractivity contribution in [2.24, 2.45) is 17.8 Å². The molecule has 2 atom stereocenters. The fourth-order valence-electron chi connectivity index (χ4n) is 4.22. The molecule has 164 valence electrons. The molecule has 2 fully saturated rings. The maximum Gasteiger partial charge on any atom is 0.309 e. The average molecular weight is 453 g/mol. The van der Waals surface area contributed by atoms with E-state index in [0.717, 1.165) is 18.9 Å². The second-order valence-corrected chi connectivity index (χ2v) is 9.01. The van der Waals surface area contributed by atoms with Crippen LogP contribution >= 0.6 is 11.8 Å². The summed E-state index contributed by atoms with van der Waals surface area (Å²) in [5.41, 5.74) is -0.151. The Hall–Kier alpha value is -2.55. The zero-order valence-electron chi connectivity index (χ0n) is 16.5. The number of amides is 1. The Bertz CT molecular complexity index is 1010. The molecule has 0 bridgehead atoms. The van der Waals surface area contributed by atoms with E-state index in [9.17, 15) is 27.2 Å². The van der Waals surface area contributed by atoms with E-state index in [1.165, 1.54) is 23.9 Å². The molecule has 0 radical (unpaired) electrons. The molecule has 2 aromatic carbocycles. The van der Waals surface area contributed by atoms with Crippen molar-refractivity contribution < 1.29 is 31.9 Å². The first-order valence-electron chi connectivity index (χ1n) is 9.87. The van der Waals surface area contributed by atoms with Gasteiger partial charge in [-0.15, -0.1) is 11.8 Å². The third kappa shape index (κ3) is 4.42. The third-order valence-electron chi connectivity index (χ3n) is 5.69. The summed E-state index contributed by atoms with van der Waals surface area (Å²) in [5.74, 6) is -5.37. The SMILES string of the molecule is CCOC(=O)C1C2CC(Sc3cc(C(=O)Nc4cc(F)c(F)c(F)c4)ccc3F)CC21. The van der Waals surface area contributed by atoms with Crippen LogP contribution in [0.4, 0.5) is 23.2 Å². The van der Waals surface area contributed by atoms with Crippen molar-refractivity contribution in [2.45, 2.75) is 29.9 Å². The molecule has 9 heteroatoms. The molecular formula is C22H19F4NO3S. The minimum atomic E-state index is -1.63. The van der Waals surface area contributed by atoms with Gasteiger partial charge in [0.25, 0.3) is 5.91 Å². The van der Waals surface area contributed by atoms with E-state index in [1.807, 2.05) is 0 Å². The Morgan fingerprint density at radius 1 is 1.03 bits per heavy atom. The number of halogens is 4. The predicted octanol–water partition coefficient (Wildman–Crippen LogP) is 5.18. The number of thioether (sulfide) groups is 1. The van der Waals surface area contributed by atoms with Gasteiger partial charge in [0.05, 0.1) is 12.5 Å². The Morgan fingerprint density at radius 3 is 2.29 bits per heavy atom. The smallest absolute Gasteiger partial charge is 0.309 e. The quantitative estimate of drug-likeness (QED) is 0.372. The minimum absolute atomic E-state index is 0.0599. The molecule has 2 unspecified atom stereocenters. The molecule has 0 aromatic heterocycles. The van der Waals surface area contributed by atoms with Gasteiger partial charge in [0.2, 0.25) is 0 Å². The van der Waals surface area contributed by atoms with Crippen LogP contribution in [-0.2, 0) is 9.53 Å². The summed E-state index contributed by atoms with van der Waals surface area (Å²) >= 11 is 1.31. The Labute approximate surface area is 180 Å². The van der Waals surface area contributed by atoms with Crippen molar-refractivity contribution in [3.8, 4) is 0 Å². The lowest BCUT2D eigenvalue weighted by Crippen LogP contribution is -2.14. The number of carbonyl (C=O) groups is 2. The highest BCUT2D eigenvalue weighted by Crippen LogP contribution is 2.61. The van der Waals surface area contributed by atoms with E-state index in [1.54, 1.807) is 6.92 Å². The monoisotopic (exact) mass is 453 g/mol. The first-order valence-corrected chi connectivity index (χ1v) is 10.7. The summed E-state index contributed by atoms with van der Waals surface area (Å²) in [6.07, 6.45) is 1.53. The molecule has 0 saturated heterocycles. The number of fused-ring (bicyclic) bond motifs is 1. The molecule has 31 heavy (non-hydrogen) atoms. The summed E-state index contributed by atoms with van der Waals surface area (Å²) in [6.45, 7) is 2.12. The fourth-order valence-corrected chi connectivity index (χ4v) is 5.59. The van der Waals surface area contributed by atoms with Crippen LogP contribution in [0.25, 0.3) is 0 Å². The molecule has 4 nitrogen and oxygen atoms in total. The number of ether oxygens (including phenoxy) is 1. The van der Waals surface area contributed by atoms with Crippen LogP contribution in [0.1, 0.15) is 30.1 Å². The molecule has 0 heterocycles. The van der Waals surface area contributed by atoms with Gasteiger partial charge >= 0.3 is 5.97 Å². The van der Waals surface area contributed by atoms with Gasteiger partial charge in [-0.2, -0.15) is 0 Å². The lowest BCUT2D eigenvalue weighted by atomic mass is 10.1. The van der Waals surface area contributed by atoms with E-state index < -0.39 is 29.2 Å². The van der Waals surface area contributed by atoms with E-state index in [-0.39, 0.29) is 45.1 Å². The molecule has 1 amide bonds. The summed E-state index contributed by atoms with van der Waals surface area (Å²) in [4.78, 5) is 24.6. The van der Waals surface area contributed by atoms with Gasteiger partial charge in [-0.3, -0.25) is 9.59 Å². The van der Waals surface area contributed by atoms with Crippen molar-refractivity contribution >= 4 is 29.3 Å². The molecule has 2 aromatic rings. The van der Waals surface area contributed by atoms with E-state index in [4.69, 9.17) is 4.74 Å². The van der Waals surface area contributed by atoms with Gasteiger partial charge < -0.3 is 10.1 Å². The van der Waals surface area contributed by atoms with Crippen molar-refractivity contribution in [3.63, 3.8) is 0 Å². The first-order chi connectivity index (χ1) is 14.8. The highest BCUT2D eigenvalue weighted by atomic mass is 32.2. The average Bonchev–Trinajstić information content (AvgIpc) is 3.23. The molecule has 2 saturated carbocycles. The largest absolute Gasteiger partial charge is 0.466 e. The Kier molecular flexibility index (Phi) is 5.96. The number of anilines is 1. The summed E-state index contributed by atoms with van der Waals surface area (Å²) in [5, 5.41) is 2.40. The second-order valence-electron chi connectivity index (χ2n) is 7.67. The topological polar surface area (TPSA) is 55.4 Å². The molecule has 1 N–H and O–H groups in total. The number of carbonyl (C=O) groups excluding carboxylic acids is 2. The second kappa shape index (κ2) is 8.53. The number of hydrogen-bond acceptors (Lipinski definition) is 4. The van der Waals surface area contributed by atoms with Crippen molar-refractivity contribution in [1.82, 2.24) is 0 Å². The highest BCUT2D eigenvalue weighted by Gasteiger charge is 2.60. The van der Waals surface area contributed by atoms with Crippen LogP contribution in [0, 0.1) is 41.0 Å². The van der Waals surface area contributed by atoms with Crippen molar-refractivity contribution in [2.75, 3.05) is 11.9 Å². The molecular weight excluding hydrogens is 434 g/mol. The number of esters is 1. The van der Waals surface area contributed by atoms with E-state index >= 15 is 0 Å². The van der Waals surface area contributed by atoms with Gasteiger partial charge in [-0.1, -0.05) is 0 Å².